The summed E-state index contributed by atoms with van der Waals surface area (Å²) >= 11 is -3.41. The average molecular weight is 501 g/mol. The molecule has 27 heavy (non-hydrogen) atoms. The van der Waals surface area contributed by atoms with E-state index in [9.17, 15) is 0 Å². The van der Waals surface area contributed by atoms with Crippen molar-refractivity contribution in [2.24, 2.45) is 21.8 Å². The molecule has 0 bridgehead atoms. The van der Waals surface area contributed by atoms with Crippen LogP contribution >= 0.6 is 19.4 Å². The van der Waals surface area contributed by atoms with E-state index in [-0.39, 0.29) is 18.1 Å². The van der Waals surface area contributed by atoms with Gasteiger partial charge < -0.3 is 0 Å². The molecule has 0 saturated carbocycles. The van der Waals surface area contributed by atoms with Crippen molar-refractivity contribution in [1.82, 2.24) is 3.64 Å². The summed E-state index contributed by atoms with van der Waals surface area (Å²) in [5.74, 6) is 2.03. The number of halogens is 2. The van der Waals surface area contributed by atoms with E-state index >= 15 is 0 Å². The van der Waals surface area contributed by atoms with Crippen LogP contribution in [0.4, 0.5) is 0 Å². The minimum atomic E-state index is -3.41. The van der Waals surface area contributed by atoms with E-state index in [1.54, 1.807) is 4.67 Å². The van der Waals surface area contributed by atoms with E-state index in [4.69, 9.17) is 38.8 Å². The van der Waals surface area contributed by atoms with Gasteiger partial charge in [0.15, 0.2) is 0 Å². The third-order valence-corrected chi connectivity index (χ3v) is 10.5. The number of ether oxygens (including phenoxy) is 2. The van der Waals surface area contributed by atoms with Crippen LogP contribution in [0, 0.1) is 11.8 Å². The van der Waals surface area contributed by atoms with Gasteiger partial charge in [-0.3, -0.25) is 0 Å². The fraction of sp³-hybridized carbons (Fsp3) is 0.579. The van der Waals surface area contributed by atoms with Gasteiger partial charge in [0, 0.05) is 0 Å². The van der Waals surface area contributed by atoms with E-state index in [1.807, 2.05) is 21.9 Å². The normalized spacial score (nSPS) is 28.7. The molecule has 0 aliphatic carbocycles. The van der Waals surface area contributed by atoms with Gasteiger partial charge in [0.05, 0.1) is 0 Å². The molecule has 0 fully saturated rings. The monoisotopic (exact) mass is 501 g/mol. The number of rotatable bonds is 6. The summed E-state index contributed by atoms with van der Waals surface area (Å²) in [5.41, 5.74) is 0.779. The first kappa shape index (κ1) is 20.9. The van der Waals surface area contributed by atoms with Crippen molar-refractivity contribution in [3.63, 3.8) is 0 Å². The molecule has 0 aromatic carbocycles. The third kappa shape index (κ3) is 4.28. The molecule has 1 unspecified atom stereocenters. The Morgan fingerprint density at radius 2 is 1.78 bits per heavy atom. The predicted molar refractivity (Wildman–Crippen MR) is 109 cm³/mol. The molecule has 0 saturated heterocycles. The summed E-state index contributed by atoms with van der Waals surface area (Å²) in [6, 6.07) is -0.00592. The van der Waals surface area contributed by atoms with Crippen LogP contribution in [0.15, 0.2) is 45.2 Å². The molecule has 0 aromatic heterocycles. The van der Waals surface area contributed by atoms with E-state index in [1.165, 1.54) is 0 Å². The first-order chi connectivity index (χ1) is 12.7. The molecule has 3 aliphatic rings. The van der Waals surface area contributed by atoms with Crippen molar-refractivity contribution in [2.45, 2.75) is 45.8 Å². The Balaban J connectivity index is 1.96. The van der Waals surface area contributed by atoms with Crippen molar-refractivity contribution in [2.75, 3.05) is 13.2 Å². The number of hydrogen-bond donors (Lipinski definition) is 0. The van der Waals surface area contributed by atoms with Gasteiger partial charge in [-0.15, -0.1) is 0 Å². The van der Waals surface area contributed by atoms with Crippen molar-refractivity contribution >= 4 is 31.2 Å². The Bertz CT molecular complexity index is 716. The van der Waals surface area contributed by atoms with Crippen molar-refractivity contribution in [3.05, 3.63) is 35.2 Å². The van der Waals surface area contributed by atoms with Gasteiger partial charge in [-0.25, -0.2) is 0 Å². The number of nitrogens with zero attached hydrogens (tertiary/aromatic N) is 3. The number of allylic oxidation sites excluding steroid dienone is 2. The van der Waals surface area contributed by atoms with Gasteiger partial charge >= 0.3 is 173 Å². The zero-order valence-electron chi connectivity index (χ0n) is 16.1. The van der Waals surface area contributed by atoms with Crippen LogP contribution in [-0.2, 0) is 22.5 Å². The second-order valence-electron chi connectivity index (χ2n) is 7.39. The SMILES string of the molecule is C=[CH][Ru]([Cl])([Cl])[N]1C(C2=N[C@H](C(C)C)CO2)=CC=CC1C1=N[C@H](C(C)C)CO1. The molecule has 5 nitrogen and oxygen atoms in total. The molecule has 0 spiro atoms. The maximum atomic E-state index is 6.79. The molecule has 3 aliphatic heterocycles. The predicted octanol–water partition coefficient (Wildman–Crippen LogP) is 4.54. The third-order valence-electron chi connectivity index (χ3n) is 4.79. The maximum absolute atomic E-state index is 6.79. The van der Waals surface area contributed by atoms with Crippen molar-refractivity contribution in [3.8, 4) is 0 Å². The van der Waals surface area contributed by atoms with Crippen molar-refractivity contribution < 1.29 is 22.5 Å². The summed E-state index contributed by atoms with van der Waals surface area (Å²) in [7, 11) is 13.6. The van der Waals surface area contributed by atoms with Gasteiger partial charge in [-0.1, -0.05) is 0 Å². The van der Waals surface area contributed by atoms with E-state index in [0.717, 1.165) is 5.70 Å². The molecular formula is C19H27Cl2N3O2Ru. The van der Waals surface area contributed by atoms with Crippen LogP contribution in [0.3, 0.4) is 0 Å². The van der Waals surface area contributed by atoms with Crippen LogP contribution in [0.25, 0.3) is 0 Å². The summed E-state index contributed by atoms with van der Waals surface area (Å²) < 4.78 is 15.5. The Morgan fingerprint density at radius 1 is 1.15 bits per heavy atom. The zero-order chi connectivity index (χ0) is 19.8. The topological polar surface area (TPSA) is 46.4 Å². The fourth-order valence-electron chi connectivity index (χ4n) is 2.98. The van der Waals surface area contributed by atoms with Gasteiger partial charge in [-0.2, -0.15) is 0 Å². The molecule has 0 radical (unpaired) electrons. The summed E-state index contributed by atoms with van der Waals surface area (Å²) in [6.07, 6.45) is 5.91. The Hall–Kier alpha value is -0.837. The number of hydrogen-bond acceptors (Lipinski definition) is 5. The Kier molecular flexibility index (Phi) is 6.39. The van der Waals surface area contributed by atoms with Gasteiger partial charge in [-0.05, 0) is 0 Å². The van der Waals surface area contributed by atoms with Gasteiger partial charge in [0.25, 0.3) is 0 Å². The first-order valence-corrected chi connectivity index (χ1v) is 15.3. The molecule has 8 heteroatoms. The standard InChI is InChI=1S/C17H24N3O2.C2H3.2ClH.Ru/c1-10(2)14-8-21-16(19-14)12-6-5-7-13(18-12)17-20-15(9-22-17)11(3)4;1-2;;;/h5-7,10-12,14-15H,8-9H2,1-4H3;1H,2H2;2*1H;/q-1;;;;+3/p-2/t12?,14-,15-;;;;/m0..../s1. The Labute approximate surface area is 173 Å². The average Bonchev–Trinajstić information content (AvgIpc) is 3.30. The molecular weight excluding hydrogens is 474 g/mol. The van der Waals surface area contributed by atoms with Gasteiger partial charge in [0.1, 0.15) is 0 Å². The summed E-state index contributed by atoms with van der Waals surface area (Å²) in [6.45, 7) is 13.6. The second kappa shape index (κ2) is 8.26. The van der Waals surface area contributed by atoms with Crippen LogP contribution in [0.2, 0.25) is 0 Å². The first-order valence-electron chi connectivity index (χ1n) is 9.09. The molecule has 152 valence electrons. The summed E-state index contributed by atoms with van der Waals surface area (Å²) in [4.78, 5) is 9.54. The molecule has 0 amide bonds. The minimum absolute atomic E-state index is 0.131. The van der Waals surface area contributed by atoms with Crippen LogP contribution in [0.1, 0.15) is 27.7 Å². The van der Waals surface area contributed by atoms with E-state index in [0.29, 0.717) is 36.8 Å². The molecule has 3 rings (SSSR count). The van der Waals surface area contributed by atoms with Crippen LogP contribution in [-0.4, -0.2) is 46.8 Å². The Morgan fingerprint density at radius 3 is 2.33 bits per heavy atom. The van der Waals surface area contributed by atoms with E-state index < -0.39 is 13.0 Å². The van der Waals surface area contributed by atoms with Crippen LogP contribution in [0.5, 0.6) is 0 Å². The number of aliphatic imine (C=N–C) groups is 2. The quantitative estimate of drug-likeness (QED) is 0.503. The van der Waals surface area contributed by atoms with Crippen LogP contribution < -0.4 is 0 Å². The van der Waals surface area contributed by atoms with E-state index in [2.05, 4.69) is 34.3 Å². The van der Waals surface area contributed by atoms with Crippen molar-refractivity contribution in [1.29, 1.82) is 0 Å². The summed E-state index contributed by atoms with van der Waals surface area (Å²) in [5, 5.41) is 0. The molecule has 3 heterocycles. The molecule has 3 atom stereocenters. The second-order valence-corrected chi connectivity index (χ2v) is 16.6. The molecule has 0 N–H and O–H groups in total. The fourth-order valence-corrected chi connectivity index (χ4v) is 6.80. The van der Waals surface area contributed by atoms with Gasteiger partial charge in [0.2, 0.25) is 0 Å². The molecule has 0 aromatic rings. The zero-order valence-corrected chi connectivity index (χ0v) is 19.3.